The van der Waals surface area contributed by atoms with Crippen LogP contribution in [0.5, 0.6) is 0 Å². The molecule has 0 bridgehead atoms. The maximum atomic E-state index is 12.0. The Morgan fingerprint density at radius 1 is 0.966 bits per heavy atom. The van der Waals surface area contributed by atoms with Gasteiger partial charge in [0.1, 0.15) is 5.57 Å². The van der Waals surface area contributed by atoms with Gasteiger partial charge in [-0.2, -0.15) is 0 Å². The van der Waals surface area contributed by atoms with E-state index in [2.05, 4.69) is 56.0 Å². The summed E-state index contributed by atoms with van der Waals surface area (Å²) in [4.78, 5) is 26.5. The van der Waals surface area contributed by atoms with Crippen LogP contribution in [0, 0.1) is 0 Å². The molecule has 0 aromatic heterocycles. The lowest BCUT2D eigenvalue weighted by atomic mass is 9.84. The number of cyclic esters (lactones) is 2. The SMILES string of the molecule is CCCCN1C(=CC=CC=C2C(=O)OC(C)(C)OC2=O)C(C)(C)c2ccccc21. The molecule has 2 aliphatic rings. The van der Waals surface area contributed by atoms with Gasteiger partial charge in [-0.05, 0) is 30.2 Å². The highest BCUT2D eigenvalue weighted by Crippen LogP contribution is 2.47. The molecule has 0 spiro atoms. The number of rotatable bonds is 5. The molecule has 5 heteroatoms. The molecule has 0 amide bonds. The fourth-order valence-corrected chi connectivity index (χ4v) is 3.79. The lowest BCUT2D eigenvalue weighted by molar-refractivity contribution is -0.222. The largest absolute Gasteiger partial charge is 0.419 e. The van der Waals surface area contributed by atoms with Gasteiger partial charge in [0.25, 0.3) is 5.79 Å². The van der Waals surface area contributed by atoms with E-state index in [0.717, 1.165) is 19.4 Å². The first-order chi connectivity index (χ1) is 13.7. The van der Waals surface area contributed by atoms with Gasteiger partial charge >= 0.3 is 11.9 Å². The number of ether oxygens (including phenoxy) is 2. The van der Waals surface area contributed by atoms with E-state index in [1.165, 1.54) is 36.9 Å². The van der Waals surface area contributed by atoms with Crippen molar-refractivity contribution >= 4 is 17.6 Å². The van der Waals surface area contributed by atoms with Gasteiger partial charge in [0.05, 0.1) is 0 Å². The summed E-state index contributed by atoms with van der Waals surface area (Å²) < 4.78 is 10.2. The summed E-state index contributed by atoms with van der Waals surface area (Å²) in [5, 5.41) is 0. The zero-order chi connectivity index (χ0) is 21.2. The molecule has 0 atom stereocenters. The van der Waals surface area contributed by atoms with Crippen LogP contribution in [0.1, 0.15) is 53.0 Å². The highest BCUT2D eigenvalue weighted by molar-refractivity contribution is 6.15. The highest BCUT2D eigenvalue weighted by atomic mass is 16.7. The molecule has 0 unspecified atom stereocenters. The minimum absolute atomic E-state index is 0.101. The molecule has 3 rings (SSSR count). The number of unbranched alkanes of at least 4 members (excludes halogenated alkanes) is 1. The molecule has 0 saturated carbocycles. The summed E-state index contributed by atoms with van der Waals surface area (Å²) in [6, 6.07) is 8.48. The van der Waals surface area contributed by atoms with E-state index in [0.29, 0.717) is 0 Å². The third-order valence-electron chi connectivity index (χ3n) is 5.28. The Morgan fingerprint density at radius 2 is 1.59 bits per heavy atom. The van der Waals surface area contributed by atoms with Crippen molar-refractivity contribution in [2.45, 2.75) is 58.7 Å². The third kappa shape index (κ3) is 4.14. The smallest absolute Gasteiger partial charge is 0.348 e. The first-order valence-corrected chi connectivity index (χ1v) is 10.1. The summed E-state index contributed by atoms with van der Waals surface area (Å²) in [5.74, 6) is -2.56. The van der Waals surface area contributed by atoms with Crippen molar-refractivity contribution in [3.05, 3.63) is 65.4 Å². The molecule has 29 heavy (non-hydrogen) atoms. The molecule has 1 fully saturated rings. The average molecular weight is 395 g/mol. The van der Waals surface area contributed by atoms with E-state index in [-0.39, 0.29) is 11.0 Å². The molecule has 5 nitrogen and oxygen atoms in total. The zero-order valence-electron chi connectivity index (χ0n) is 17.8. The van der Waals surface area contributed by atoms with E-state index in [9.17, 15) is 9.59 Å². The van der Waals surface area contributed by atoms with E-state index in [1.54, 1.807) is 6.08 Å². The first-order valence-electron chi connectivity index (χ1n) is 10.1. The highest BCUT2D eigenvalue weighted by Gasteiger charge is 2.40. The van der Waals surface area contributed by atoms with Crippen LogP contribution < -0.4 is 4.90 Å². The molecule has 1 aromatic rings. The number of anilines is 1. The molecule has 2 heterocycles. The Balaban J connectivity index is 1.87. The Hall–Kier alpha value is -2.82. The van der Waals surface area contributed by atoms with Crippen molar-refractivity contribution in [2.24, 2.45) is 0 Å². The van der Waals surface area contributed by atoms with E-state index < -0.39 is 17.7 Å². The maximum absolute atomic E-state index is 12.0. The first kappa shape index (κ1) is 20.9. The molecule has 0 radical (unpaired) electrons. The topological polar surface area (TPSA) is 55.8 Å². The summed E-state index contributed by atoms with van der Waals surface area (Å²) >= 11 is 0. The van der Waals surface area contributed by atoms with Crippen LogP contribution in [0.2, 0.25) is 0 Å². The number of nitrogens with zero attached hydrogens (tertiary/aromatic N) is 1. The minimum atomic E-state index is -1.23. The molecular weight excluding hydrogens is 366 g/mol. The number of benzene rings is 1. The standard InChI is InChI=1S/C24H29NO4/c1-6-7-16-25-19-14-10-9-13-18(19)23(2,3)20(25)15-11-8-12-17-21(26)28-24(4,5)29-22(17)27/h8-15H,6-7,16H2,1-5H3. The van der Waals surface area contributed by atoms with Gasteiger partial charge in [-0.1, -0.05) is 57.5 Å². The molecule has 0 aliphatic carbocycles. The number of fused-ring (bicyclic) bond motifs is 1. The lowest BCUT2D eigenvalue weighted by Gasteiger charge is -2.29. The molecular formula is C24H29NO4. The van der Waals surface area contributed by atoms with Gasteiger partial charge in [0, 0.05) is 37.2 Å². The summed E-state index contributed by atoms with van der Waals surface area (Å²) in [5.41, 5.74) is 3.50. The quantitative estimate of drug-likeness (QED) is 0.408. The predicted octanol–water partition coefficient (Wildman–Crippen LogP) is 4.79. The van der Waals surface area contributed by atoms with Crippen molar-refractivity contribution in [1.29, 1.82) is 0 Å². The van der Waals surface area contributed by atoms with Crippen LogP contribution >= 0.6 is 0 Å². The van der Waals surface area contributed by atoms with Crippen molar-refractivity contribution in [3.8, 4) is 0 Å². The van der Waals surface area contributed by atoms with Crippen LogP contribution in [0.3, 0.4) is 0 Å². The number of carbonyl (C=O) groups excluding carboxylic acids is 2. The van der Waals surface area contributed by atoms with Crippen LogP contribution in [0.15, 0.2) is 59.8 Å². The average Bonchev–Trinajstić information content (AvgIpc) is 2.85. The second-order valence-corrected chi connectivity index (χ2v) is 8.34. The monoisotopic (exact) mass is 395 g/mol. The van der Waals surface area contributed by atoms with Crippen LogP contribution in [-0.4, -0.2) is 24.3 Å². The normalized spacial score (nSPS) is 21.3. The number of hydrogen-bond donors (Lipinski definition) is 0. The second kappa shape index (κ2) is 7.90. The Bertz CT molecular complexity index is 883. The summed E-state index contributed by atoms with van der Waals surface area (Å²) in [7, 11) is 0. The van der Waals surface area contributed by atoms with Crippen LogP contribution in [0.4, 0.5) is 5.69 Å². The fourth-order valence-electron chi connectivity index (χ4n) is 3.79. The zero-order valence-corrected chi connectivity index (χ0v) is 17.8. The Kier molecular flexibility index (Phi) is 5.69. The molecule has 2 aliphatic heterocycles. The van der Waals surface area contributed by atoms with Crippen molar-refractivity contribution in [3.63, 3.8) is 0 Å². The molecule has 1 saturated heterocycles. The van der Waals surface area contributed by atoms with E-state index in [1.807, 2.05) is 6.08 Å². The maximum Gasteiger partial charge on any atom is 0.348 e. The minimum Gasteiger partial charge on any atom is -0.419 e. The fraction of sp³-hybridized carbons (Fsp3) is 0.417. The van der Waals surface area contributed by atoms with Crippen molar-refractivity contribution in [2.75, 3.05) is 11.4 Å². The summed E-state index contributed by atoms with van der Waals surface area (Å²) in [6.45, 7) is 10.6. The number of para-hydroxylation sites is 1. The Morgan fingerprint density at radius 3 is 2.24 bits per heavy atom. The van der Waals surface area contributed by atoms with Crippen LogP contribution in [-0.2, 0) is 24.5 Å². The molecule has 0 N–H and O–H groups in total. The van der Waals surface area contributed by atoms with Gasteiger partial charge in [-0.25, -0.2) is 9.59 Å². The van der Waals surface area contributed by atoms with Crippen LogP contribution in [0.25, 0.3) is 0 Å². The van der Waals surface area contributed by atoms with Crippen molar-refractivity contribution in [1.82, 2.24) is 0 Å². The van der Waals surface area contributed by atoms with Gasteiger partial charge in [-0.15, -0.1) is 0 Å². The van der Waals surface area contributed by atoms with Gasteiger partial charge < -0.3 is 14.4 Å². The molecule has 1 aromatic carbocycles. The van der Waals surface area contributed by atoms with Gasteiger partial charge in [0.2, 0.25) is 0 Å². The number of allylic oxidation sites excluding steroid dienone is 5. The van der Waals surface area contributed by atoms with Gasteiger partial charge in [0.15, 0.2) is 0 Å². The van der Waals surface area contributed by atoms with Gasteiger partial charge in [-0.3, -0.25) is 0 Å². The molecule has 154 valence electrons. The van der Waals surface area contributed by atoms with E-state index >= 15 is 0 Å². The lowest BCUT2D eigenvalue weighted by Crippen LogP contribution is -2.41. The predicted molar refractivity (Wildman–Crippen MR) is 113 cm³/mol. The number of carbonyl (C=O) groups is 2. The second-order valence-electron chi connectivity index (χ2n) is 8.34. The van der Waals surface area contributed by atoms with Crippen molar-refractivity contribution < 1.29 is 19.1 Å². The number of esters is 2. The summed E-state index contributed by atoms with van der Waals surface area (Å²) in [6.07, 6.45) is 9.26. The Labute approximate surface area is 172 Å². The number of hydrogen-bond acceptors (Lipinski definition) is 5. The third-order valence-corrected chi connectivity index (χ3v) is 5.28. The van der Waals surface area contributed by atoms with E-state index in [4.69, 9.17) is 9.47 Å².